The van der Waals surface area contributed by atoms with E-state index in [0.717, 1.165) is 12.5 Å². The summed E-state index contributed by atoms with van der Waals surface area (Å²) in [6.45, 7) is 7.80. The van der Waals surface area contributed by atoms with Crippen molar-refractivity contribution < 1.29 is 0 Å². The minimum atomic E-state index is 0.253. The Labute approximate surface area is 92.9 Å². The maximum absolute atomic E-state index is 3.55. The van der Waals surface area contributed by atoms with E-state index in [9.17, 15) is 0 Å². The zero-order valence-corrected chi connectivity index (χ0v) is 10.0. The molecular formula is C14H21N. The lowest BCUT2D eigenvalue weighted by Gasteiger charge is -2.31. The molecular weight excluding hydrogens is 182 g/mol. The van der Waals surface area contributed by atoms with Gasteiger partial charge in [-0.05, 0) is 57.2 Å². The number of fused-ring (bicyclic) bond motifs is 1. The normalized spacial score (nSPS) is 19.5. The van der Waals surface area contributed by atoms with Crippen LogP contribution < -0.4 is 5.32 Å². The average Bonchev–Trinajstić information content (AvgIpc) is 2.11. The molecule has 1 aromatic rings. The van der Waals surface area contributed by atoms with Crippen molar-refractivity contribution in [2.45, 2.75) is 45.1 Å². The van der Waals surface area contributed by atoms with Crippen LogP contribution in [0.2, 0.25) is 0 Å². The Bertz CT molecular complexity index is 335. The van der Waals surface area contributed by atoms with Gasteiger partial charge in [0.1, 0.15) is 0 Å². The summed E-state index contributed by atoms with van der Waals surface area (Å²) in [5.41, 5.74) is 3.38. The van der Waals surface area contributed by atoms with Crippen molar-refractivity contribution in [2.24, 2.45) is 0 Å². The molecule has 82 valence electrons. The summed E-state index contributed by atoms with van der Waals surface area (Å²) < 4.78 is 0. The van der Waals surface area contributed by atoms with Crippen LogP contribution >= 0.6 is 0 Å². The van der Waals surface area contributed by atoms with Crippen molar-refractivity contribution in [2.75, 3.05) is 6.54 Å². The summed E-state index contributed by atoms with van der Waals surface area (Å²) in [6.07, 6.45) is 2.55. The predicted octanol–water partition coefficient (Wildman–Crippen LogP) is 3.10. The highest BCUT2D eigenvalue weighted by Gasteiger charge is 2.24. The third-order valence-electron chi connectivity index (χ3n) is 3.11. The molecule has 1 aliphatic carbocycles. The summed E-state index contributed by atoms with van der Waals surface area (Å²) in [5, 5.41) is 3.55. The van der Waals surface area contributed by atoms with Crippen LogP contribution in [0.3, 0.4) is 0 Å². The Morgan fingerprint density at radius 3 is 2.67 bits per heavy atom. The Morgan fingerprint density at radius 1 is 1.27 bits per heavy atom. The fourth-order valence-corrected chi connectivity index (χ4v) is 2.24. The van der Waals surface area contributed by atoms with Gasteiger partial charge in [-0.25, -0.2) is 0 Å². The molecule has 1 nitrogen and oxygen atoms in total. The molecule has 0 saturated carbocycles. The molecule has 0 fully saturated rings. The SMILES string of the molecule is CC(C)(C)NCCC1Cc2ccccc21. The van der Waals surface area contributed by atoms with E-state index in [4.69, 9.17) is 0 Å². The molecule has 1 unspecified atom stereocenters. The fourth-order valence-electron chi connectivity index (χ4n) is 2.24. The van der Waals surface area contributed by atoms with E-state index in [0.29, 0.717) is 0 Å². The zero-order chi connectivity index (χ0) is 10.9. The number of hydrogen-bond acceptors (Lipinski definition) is 1. The largest absolute Gasteiger partial charge is 0.312 e. The molecule has 0 radical (unpaired) electrons. The topological polar surface area (TPSA) is 12.0 Å². The van der Waals surface area contributed by atoms with Crippen LogP contribution in [0.5, 0.6) is 0 Å². The van der Waals surface area contributed by atoms with Gasteiger partial charge in [-0.3, -0.25) is 0 Å². The third-order valence-corrected chi connectivity index (χ3v) is 3.11. The van der Waals surface area contributed by atoms with Crippen LogP contribution in [0.25, 0.3) is 0 Å². The molecule has 0 aliphatic heterocycles. The molecule has 0 aromatic heterocycles. The lowest BCUT2D eigenvalue weighted by molar-refractivity contribution is 0.402. The summed E-state index contributed by atoms with van der Waals surface area (Å²) in [4.78, 5) is 0. The van der Waals surface area contributed by atoms with Gasteiger partial charge in [0.05, 0.1) is 0 Å². The van der Waals surface area contributed by atoms with E-state index in [2.05, 4.69) is 50.4 Å². The molecule has 0 amide bonds. The lowest BCUT2D eigenvalue weighted by atomic mass is 9.76. The van der Waals surface area contributed by atoms with Gasteiger partial charge >= 0.3 is 0 Å². The van der Waals surface area contributed by atoms with Gasteiger partial charge in [0, 0.05) is 5.54 Å². The Morgan fingerprint density at radius 2 is 2.00 bits per heavy atom. The first-order chi connectivity index (χ1) is 7.06. The van der Waals surface area contributed by atoms with E-state index < -0.39 is 0 Å². The molecule has 1 heteroatoms. The quantitative estimate of drug-likeness (QED) is 0.796. The van der Waals surface area contributed by atoms with Crippen molar-refractivity contribution >= 4 is 0 Å². The first kappa shape index (κ1) is 10.7. The van der Waals surface area contributed by atoms with Gasteiger partial charge in [0.15, 0.2) is 0 Å². The highest BCUT2D eigenvalue weighted by molar-refractivity contribution is 5.39. The maximum atomic E-state index is 3.55. The summed E-state index contributed by atoms with van der Waals surface area (Å²) in [6, 6.07) is 8.83. The molecule has 0 bridgehead atoms. The van der Waals surface area contributed by atoms with Crippen LogP contribution in [-0.4, -0.2) is 12.1 Å². The predicted molar refractivity (Wildman–Crippen MR) is 65.3 cm³/mol. The smallest absolute Gasteiger partial charge is 0.00965 e. The fraction of sp³-hybridized carbons (Fsp3) is 0.571. The monoisotopic (exact) mass is 203 g/mol. The standard InChI is InChI=1S/C14H21N/c1-14(2,3)15-9-8-12-10-11-6-4-5-7-13(11)12/h4-7,12,15H,8-10H2,1-3H3. The summed E-state index contributed by atoms with van der Waals surface area (Å²) in [7, 11) is 0. The second-order valence-corrected chi connectivity index (χ2v) is 5.57. The van der Waals surface area contributed by atoms with Gasteiger partial charge in [-0.1, -0.05) is 24.3 Å². The van der Waals surface area contributed by atoms with Crippen molar-refractivity contribution in [3.8, 4) is 0 Å². The van der Waals surface area contributed by atoms with Crippen LogP contribution in [0, 0.1) is 0 Å². The van der Waals surface area contributed by atoms with Crippen molar-refractivity contribution in [1.29, 1.82) is 0 Å². The molecule has 1 N–H and O–H groups in total. The van der Waals surface area contributed by atoms with Gasteiger partial charge in [0.2, 0.25) is 0 Å². The molecule has 0 heterocycles. The average molecular weight is 203 g/mol. The Hall–Kier alpha value is -0.820. The molecule has 0 saturated heterocycles. The Balaban J connectivity index is 1.81. The summed E-state index contributed by atoms with van der Waals surface area (Å²) >= 11 is 0. The molecule has 15 heavy (non-hydrogen) atoms. The van der Waals surface area contributed by atoms with E-state index >= 15 is 0 Å². The highest BCUT2D eigenvalue weighted by atomic mass is 14.9. The minimum Gasteiger partial charge on any atom is -0.312 e. The molecule has 0 spiro atoms. The van der Waals surface area contributed by atoms with Crippen LogP contribution in [-0.2, 0) is 6.42 Å². The van der Waals surface area contributed by atoms with Crippen molar-refractivity contribution in [3.63, 3.8) is 0 Å². The zero-order valence-electron chi connectivity index (χ0n) is 10.0. The second-order valence-electron chi connectivity index (χ2n) is 5.57. The third kappa shape index (κ3) is 2.60. The van der Waals surface area contributed by atoms with Gasteiger partial charge < -0.3 is 5.32 Å². The van der Waals surface area contributed by atoms with Crippen LogP contribution in [0.4, 0.5) is 0 Å². The van der Waals surface area contributed by atoms with Gasteiger partial charge in [0.25, 0.3) is 0 Å². The number of hydrogen-bond donors (Lipinski definition) is 1. The molecule has 1 aromatic carbocycles. The van der Waals surface area contributed by atoms with E-state index in [1.54, 1.807) is 11.1 Å². The number of benzene rings is 1. The summed E-state index contributed by atoms with van der Waals surface area (Å²) in [5.74, 6) is 0.802. The first-order valence-electron chi connectivity index (χ1n) is 5.89. The Kier molecular flexibility index (Phi) is 2.83. The van der Waals surface area contributed by atoms with Gasteiger partial charge in [-0.15, -0.1) is 0 Å². The highest BCUT2D eigenvalue weighted by Crippen LogP contribution is 2.36. The molecule has 1 aliphatic rings. The number of nitrogens with one attached hydrogen (secondary N) is 1. The molecule has 1 atom stereocenters. The minimum absolute atomic E-state index is 0.253. The molecule has 2 rings (SSSR count). The first-order valence-corrected chi connectivity index (χ1v) is 5.89. The second kappa shape index (κ2) is 3.97. The van der Waals surface area contributed by atoms with E-state index in [1.165, 1.54) is 12.8 Å². The van der Waals surface area contributed by atoms with Crippen LogP contribution in [0.15, 0.2) is 24.3 Å². The van der Waals surface area contributed by atoms with Crippen molar-refractivity contribution in [3.05, 3.63) is 35.4 Å². The van der Waals surface area contributed by atoms with Crippen molar-refractivity contribution in [1.82, 2.24) is 5.32 Å². The lowest BCUT2D eigenvalue weighted by Crippen LogP contribution is -2.37. The van der Waals surface area contributed by atoms with E-state index in [-0.39, 0.29) is 5.54 Å². The van der Waals surface area contributed by atoms with Crippen LogP contribution in [0.1, 0.15) is 44.2 Å². The maximum Gasteiger partial charge on any atom is 0.00965 e. The van der Waals surface area contributed by atoms with Gasteiger partial charge in [-0.2, -0.15) is 0 Å². The van der Waals surface area contributed by atoms with E-state index in [1.807, 2.05) is 0 Å². The number of rotatable bonds is 3.